The number of sulfonamides is 1. The van der Waals surface area contributed by atoms with Gasteiger partial charge in [0.1, 0.15) is 5.75 Å². The summed E-state index contributed by atoms with van der Waals surface area (Å²) >= 11 is 0. The smallest absolute Gasteiger partial charge is 0.243 e. The molecule has 0 bridgehead atoms. The van der Waals surface area contributed by atoms with E-state index in [1.807, 2.05) is 6.92 Å². The van der Waals surface area contributed by atoms with Crippen molar-refractivity contribution in [3.63, 3.8) is 0 Å². The second kappa shape index (κ2) is 6.77. The zero-order valence-corrected chi connectivity index (χ0v) is 13.4. The number of hydrogen-bond donors (Lipinski definition) is 1. The van der Waals surface area contributed by atoms with E-state index in [1.54, 1.807) is 19.2 Å². The quantitative estimate of drug-likeness (QED) is 0.874. The number of ether oxygens (including phenoxy) is 1. The Kier molecular flexibility index (Phi) is 5.24. The lowest BCUT2D eigenvalue weighted by molar-refractivity contribution is 0.266. The third-order valence-electron chi connectivity index (χ3n) is 4.02. The van der Waals surface area contributed by atoms with Gasteiger partial charge in [-0.25, -0.2) is 8.42 Å². The van der Waals surface area contributed by atoms with Crippen LogP contribution in [0, 0.1) is 0 Å². The van der Waals surface area contributed by atoms with Crippen LogP contribution in [0.4, 0.5) is 0 Å². The maximum absolute atomic E-state index is 12.7. The molecule has 1 saturated carbocycles. The first-order valence-corrected chi connectivity index (χ1v) is 8.79. The van der Waals surface area contributed by atoms with Gasteiger partial charge in [-0.3, -0.25) is 0 Å². The molecule has 0 radical (unpaired) electrons. The van der Waals surface area contributed by atoms with Crippen LogP contribution in [0.15, 0.2) is 23.1 Å². The van der Waals surface area contributed by atoms with Gasteiger partial charge in [0, 0.05) is 18.7 Å². The second-order valence-corrected chi connectivity index (χ2v) is 7.32. The van der Waals surface area contributed by atoms with Crippen LogP contribution in [-0.4, -0.2) is 37.5 Å². The third kappa shape index (κ3) is 3.39. The van der Waals surface area contributed by atoms with E-state index in [0.717, 1.165) is 25.7 Å². The highest BCUT2D eigenvalue weighted by Gasteiger charge is 2.30. The lowest BCUT2D eigenvalue weighted by atomic mass is 10.2. The number of aliphatic hydroxyl groups excluding tert-OH is 1. The molecular weight excluding hydrogens is 290 g/mol. The summed E-state index contributed by atoms with van der Waals surface area (Å²) < 4.78 is 32.2. The molecule has 0 amide bonds. The number of benzene rings is 1. The van der Waals surface area contributed by atoms with Crippen molar-refractivity contribution in [1.29, 1.82) is 0 Å². The fourth-order valence-electron chi connectivity index (χ4n) is 2.77. The van der Waals surface area contributed by atoms with E-state index in [1.165, 1.54) is 10.4 Å². The van der Waals surface area contributed by atoms with E-state index in [2.05, 4.69) is 0 Å². The van der Waals surface area contributed by atoms with Crippen LogP contribution in [0.1, 0.15) is 38.2 Å². The highest BCUT2D eigenvalue weighted by Crippen LogP contribution is 2.29. The molecule has 1 aliphatic rings. The molecule has 0 unspecified atom stereocenters. The Labute approximate surface area is 126 Å². The van der Waals surface area contributed by atoms with Crippen molar-refractivity contribution in [3.05, 3.63) is 23.8 Å². The van der Waals surface area contributed by atoms with Crippen LogP contribution in [0.2, 0.25) is 0 Å². The molecule has 118 valence electrons. The molecule has 1 N–H and O–H groups in total. The van der Waals surface area contributed by atoms with E-state index in [0.29, 0.717) is 17.9 Å². The summed E-state index contributed by atoms with van der Waals surface area (Å²) in [6, 6.07) is 4.75. The fraction of sp³-hybridized carbons (Fsp3) is 0.600. The predicted molar refractivity (Wildman–Crippen MR) is 80.7 cm³/mol. The molecule has 1 aromatic carbocycles. The Bertz CT molecular complexity index is 579. The first-order valence-electron chi connectivity index (χ1n) is 7.35. The molecule has 6 heteroatoms. The van der Waals surface area contributed by atoms with E-state index < -0.39 is 10.0 Å². The molecule has 1 aromatic rings. The van der Waals surface area contributed by atoms with E-state index in [4.69, 9.17) is 4.74 Å². The molecule has 5 nitrogen and oxygen atoms in total. The average molecular weight is 313 g/mol. The van der Waals surface area contributed by atoms with Gasteiger partial charge in [-0.05, 0) is 38.0 Å². The van der Waals surface area contributed by atoms with Crippen LogP contribution < -0.4 is 4.74 Å². The number of rotatable bonds is 6. The van der Waals surface area contributed by atoms with E-state index in [-0.39, 0.29) is 17.5 Å². The topological polar surface area (TPSA) is 66.8 Å². The molecule has 0 atom stereocenters. The monoisotopic (exact) mass is 313 g/mol. The summed E-state index contributed by atoms with van der Waals surface area (Å²) in [4.78, 5) is 0.212. The minimum absolute atomic E-state index is 0.0825. The standard InChI is InChI=1S/C15H23NO4S/c1-3-20-15-9-8-14(10-12(15)11-17)21(18,19)16(2)13-6-4-5-7-13/h8-10,13,17H,3-7,11H2,1-2H3. The van der Waals surface area contributed by atoms with Gasteiger partial charge in [0.05, 0.1) is 18.1 Å². The van der Waals surface area contributed by atoms with Crippen molar-refractivity contribution in [2.75, 3.05) is 13.7 Å². The Hall–Kier alpha value is -1.11. The van der Waals surface area contributed by atoms with Gasteiger partial charge in [-0.15, -0.1) is 0 Å². The van der Waals surface area contributed by atoms with Gasteiger partial charge in [0.25, 0.3) is 0 Å². The van der Waals surface area contributed by atoms with Gasteiger partial charge in [-0.1, -0.05) is 12.8 Å². The van der Waals surface area contributed by atoms with Crippen LogP contribution in [0.3, 0.4) is 0 Å². The van der Waals surface area contributed by atoms with Crippen molar-refractivity contribution >= 4 is 10.0 Å². The van der Waals surface area contributed by atoms with Crippen molar-refractivity contribution in [3.8, 4) is 5.75 Å². The zero-order valence-electron chi connectivity index (χ0n) is 12.6. The lowest BCUT2D eigenvalue weighted by Crippen LogP contribution is -2.35. The maximum atomic E-state index is 12.7. The highest BCUT2D eigenvalue weighted by molar-refractivity contribution is 7.89. The largest absolute Gasteiger partial charge is 0.494 e. The van der Waals surface area contributed by atoms with Crippen LogP contribution in [0.25, 0.3) is 0 Å². The summed E-state index contributed by atoms with van der Waals surface area (Å²) in [6.45, 7) is 2.08. The average Bonchev–Trinajstić information content (AvgIpc) is 3.01. The molecule has 0 heterocycles. The first-order chi connectivity index (χ1) is 10.0. The summed E-state index contributed by atoms with van der Waals surface area (Å²) in [5.41, 5.74) is 0.498. The normalized spacial score (nSPS) is 16.6. The van der Waals surface area contributed by atoms with Gasteiger partial charge in [-0.2, -0.15) is 4.31 Å². The maximum Gasteiger partial charge on any atom is 0.243 e. The molecule has 1 fully saturated rings. The lowest BCUT2D eigenvalue weighted by Gasteiger charge is -2.24. The predicted octanol–water partition coefficient (Wildman–Crippen LogP) is 2.14. The summed E-state index contributed by atoms with van der Waals surface area (Å²) in [6.07, 6.45) is 3.99. The zero-order chi connectivity index (χ0) is 15.5. The SMILES string of the molecule is CCOc1ccc(S(=O)(=O)N(C)C2CCCC2)cc1CO. The second-order valence-electron chi connectivity index (χ2n) is 5.32. The summed E-state index contributed by atoms with van der Waals surface area (Å²) in [5, 5.41) is 9.40. The van der Waals surface area contributed by atoms with Crippen molar-refractivity contribution < 1.29 is 18.3 Å². The van der Waals surface area contributed by atoms with Gasteiger partial charge >= 0.3 is 0 Å². The van der Waals surface area contributed by atoms with Crippen LogP contribution in [-0.2, 0) is 16.6 Å². The first kappa shape index (κ1) is 16.3. The highest BCUT2D eigenvalue weighted by atomic mass is 32.2. The number of hydrogen-bond acceptors (Lipinski definition) is 4. The summed E-state index contributed by atoms with van der Waals surface area (Å²) in [7, 11) is -1.88. The van der Waals surface area contributed by atoms with Crippen LogP contribution >= 0.6 is 0 Å². The third-order valence-corrected chi connectivity index (χ3v) is 5.92. The molecule has 1 aliphatic carbocycles. The molecule has 0 spiro atoms. The summed E-state index contributed by atoms with van der Waals surface area (Å²) in [5.74, 6) is 0.530. The van der Waals surface area contributed by atoms with Gasteiger partial charge < -0.3 is 9.84 Å². The van der Waals surface area contributed by atoms with E-state index >= 15 is 0 Å². The number of aliphatic hydroxyl groups is 1. The molecule has 21 heavy (non-hydrogen) atoms. The Morgan fingerprint density at radius 1 is 1.33 bits per heavy atom. The van der Waals surface area contributed by atoms with E-state index in [9.17, 15) is 13.5 Å². The molecular formula is C15H23NO4S. The minimum atomic E-state index is -3.52. The Morgan fingerprint density at radius 2 is 2.00 bits per heavy atom. The Balaban J connectivity index is 2.31. The minimum Gasteiger partial charge on any atom is -0.494 e. The van der Waals surface area contributed by atoms with Crippen molar-refractivity contribution in [2.24, 2.45) is 0 Å². The molecule has 0 aliphatic heterocycles. The fourth-order valence-corrected chi connectivity index (χ4v) is 4.23. The number of nitrogens with zero attached hydrogens (tertiary/aromatic N) is 1. The van der Waals surface area contributed by atoms with Gasteiger partial charge in [0.15, 0.2) is 0 Å². The van der Waals surface area contributed by atoms with Crippen molar-refractivity contribution in [2.45, 2.75) is 50.2 Å². The van der Waals surface area contributed by atoms with Crippen LogP contribution in [0.5, 0.6) is 5.75 Å². The molecule has 0 aromatic heterocycles. The Morgan fingerprint density at radius 3 is 2.57 bits per heavy atom. The van der Waals surface area contributed by atoms with Crippen molar-refractivity contribution in [1.82, 2.24) is 4.31 Å². The molecule has 0 saturated heterocycles. The van der Waals surface area contributed by atoms with Gasteiger partial charge in [0.2, 0.25) is 10.0 Å². The molecule has 2 rings (SSSR count).